The Morgan fingerprint density at radius 2 is 1.97 bits per heavy atom. The number of imidazole rings is 1. The summed E-state index contributed by atoms with van der Waals surface area (Å²) in [6.07, 6.45) is 5.47. The van der Waals surface area contributed by atoms with Gasteiger partial charge in [0.05, 0.1) is 11.4 Å². The molecule has 0 fully saturated rings. The standard InChI is InChI=1S/C26H31N3O2/c1-18-12-13-23(20(15-18)26(2,3)4)31-17-25(30)28-21-10-6-5-9-19(21)22-16-29-14-8-7-11-24(29)27-22/h5-6,9-10,12-13,15-16H,7-8,11,14,17H2,1-4H3,(H,28,30). The van der Waals surface area contributed by atoms with Gasteiger partial charge in [-0.3, -0.25) is 4.79 Å². The van der Waals surface area contributed by atoms with E-state index < -0.39 is 0 Å². The Kier molecular flexibility index (Phi) is 5.86. The maximum atomic E-state index is 12.7. The summed E-state index contributed by atoms with van der Waals surface area (Å²) in [6.45, 7) is 9.48. The number of ether oxygens (including phenoxy) is 1. The number of nitrogens with one attached hydrogen (secondary N) is 1. The van der Waals surface area contributed by atoms with Crippen LogP contribution in [0.3, 0.4) is 0 Å². The number of amides is 1. The van der Waals surface area contributed by atoms with Crippen molar-refractivity contribution in [2.45, 2.75) is 58.9 Å². The van der Waals surface area contributed by atoms with Crippen LogP contribution in [0.2, 0.25) is 0 Å². The minimum Gasteiger partial charge on any atom is -0.483 e. The summed E-state index contributed by atoms with van der Waals surface area (Å²) in [7, 11) is 0. The van der Waals surface area contributed by atoms with Crippen molar-refractivity contribution in [1.82, 2.24) is 9.55 Å². The molecule has 0 saturated heterocycles. The van der Waals surface area contributed by atoms with E-state index in [9.17, 15) is 4.79 Å². The van der Waals surface area contributed by atoms with E-state index in [4.69, 9.17) is 9.72 Å². The number of nitrogens with zero attached hydrogens (tertiary/aromatic N) is 2. The van der Waals surface area contributed by atoms with E-state index in [0.717, 1.165) is 47.0 Å². The van der Waals surface area contributed by atoms with Crippen molar-refractivity contribution in [3.63, 3.8) is 0 Å². The van der Waals surface area contributed by atoms with Gasteiger partial charge < -0.3 is 14.6 Å². The van der Waals surface area contributed by atoms with Gasteiger partial charge in [0.25, 0.3) is 5.91 Å². The summed E-state index contributed by atoms with van der Waals surface area (Å²) >= 11 is 0. The Balaban J connectivity index is 1.49. The molecule has 4 rings (SSSR count). The number of hydrogen-bond acceptors (Lipinski definition) is 3. The monoisotopic (exact) mass is 417 g/mol. The van der Waals surface area contributed by atoms with Gasteiger partial charge in [0.1, 0.15) is 11.6 Å². The van der Waals surface area contributed by atoms with Crippen LogP contribution in [0, 0.1) is 6.92 Å². The molecular formula is C26H31N3O2. The number of aromatic nitrogens is 2. The van der Waals surface area contributed by atoms with Crippen LogP contribution in [0.25, 0.3) is 11.3 Å². The largest absolute Gasteiger partial charge is 0.483 e. The Hall–Kier alpha value is -3.08. The van der Waals surface area contributed by atoms with Gasteiger partial charge in [-0.2, -0.15) is 0 Å². The van der Waals surface area contributed by atoms with Crippen molar-refractivity contribution >= 4 is 11.6 Å². The summed E-state index contributed by atoms with van der Waals surface area (Å²) in [5.74, 6) is 1.69. The van der Waals surface area contributed by atoms with Crippen LogP contribution in [-0.4, -0.2) is 22.1 Å². The normalized spacial score (nSPS) is 13.5. The second kappa shape index (κ2) is 8.58. The van der Waals surface area contributed by atoms with Gasteiger partial charge in [-0.25, -0.2) is 4.98 Å². The molecule has 0 spiro atoms. The molecule has 2 aromatic carbocycles. The lowest BCUT2D eigenvalue weighted by Gasteiger charge is -2.23. The van der Waals surface area contributed by atoms with Crippen LogP contribution in [0.1, 0.15) is 50.6 Å². The number of hydrogen-bond donors (Lipinski definition) is 1. The van der Waals surface area contributed by atoms with Gasteiger partial charge in [0.2, 0.25) is 0 Å². The molecule has 5 heteroatoms. The average molecular weight is 418 g/mol. The van der Waals surface area contributed by atoms with Crippen LogP contribution >= 0.6 is 0 Å². The SMILES string of the molecule is Cc1ccc(OCC(=O)Nc2ccccc2-c2cn3c(n2)CCCC3)c(C(C)(C)C)c1. The number of carbonyl (C=O) groups excluding carboxylic acids is 1. The molecule has 0 radical (unpaired) electrons. The molecule has 0 bridgehead atoms. The lowest BCUT2D eigenvalue weighted by atomic mass is 9.85. The predicted octanol–water partition coefficient (Wildman–Crippen LogP) is 5.51. The lowest BCUT2D eigenvalue weighted by Crippen LogP contribution is -2.22. The molecule has 162 valence electrons. The summed E-state index contributed by atoms with van der Waals surface area (Å²) in [5, 5.41) is 3.02. The number of fused-ring (bicyclic) bond motifs is 1. The fraction of sp³-hybridized carbons (Fsp3) is 0.385. The Labute approximate surface area is 184 Å². The van der Waals surface area contributed by atoms with E-state index in [-0.39, 0.29) is 17.9 Å². The van der Waals surface area contributed by atoms with Gasteiger partial charge in [-0.1, -0.05) is 56.7 Å². The zero-order valence-corrected chi connectivity index (χ0v) is 18.9. The van der Waals surface area contributed by atoms with Gasteiger partial charge in [-0.15, -0.1) is 0 Å². The highest BCUT2D eigenvalue weighted by Gasteiger charge is 2.20. The van der Waals surface area contributed by atoms with Crippen LogP contribution in [0.5, 0.6) is 5.75 Å². The molecule has 1 aromatic heterocycles. The Bertz CT molecular complexity index is 1070. The van der Waals surface area contributed by atoms with Crippen molar-refractivity contribution in [1.29, 1.82) is 0 Å². The number of rotatable bonds is 5. The third-order valence-corrected chi connectivity index (χ3v) is 5.69. The van der Waals surface area contributed by atoms with Crippen LogP contribution in [0.15, 0.2) is 48.7 Å². The van der Waals surface area contributed by atoms with E-state index in [2.05, 4.69) is 49.8 Å². The fourth-order valence-electron chi connectivity index (χ4n) is 4.04. The molecule has 3 aromatic rings. The highest BCUT2D eigenvalue weighted by Crippen LogP contribution is 2.32. The minimum atomic E-state index is -0.183. The number of anilines is 1. The molecule has 1 N–H and O–H groups in total. The van der Waals surface area contributed by atoms with Crippen molar-refractivity contribution in [3.8, 4) is 17.0 Å². The van der Waals surface area contributed by atoms with E-state index in [0.29, 0.717) is 0 Å². The summed E-state index contributed by atoms with van der Waals surface area (Å²) < 4.78 is 8.16. The molecular weight excluding hydrogens is 386 g/mol. The Morgan fingerprint density at radius 3 is 2.74 bits per heavy atom. The van der Waals surface area contributed by atoms with Crippen LogP contribution < -0.4 is 10.1 Å². The van der Waals surface area contributed by atoms with Crippen LogP contribution in [-0.2, 0) is 23.2 Å². The maximum absolute atomic E-state index is 12.7. The third kappa shape index (κ3) is 4.82. The number of benzene rings is 2. The first-order valence-corrected chi connectivity index (χ1v) is 11.0. The van der Waals surface area contributed by atoms with Crippen molar-refractivity contribution in [2.24, 2.45) is 0 Å². The zero-order chi connectivity index (χ0) is 22.0. The molecule has 5 nitrogen and oxygen atoms in total. The summed E-state index contributed by atoms with van der Waals surface area (Å²) in [6, 6.07) is 13.9. The highest BCUT2D eigenvalue weighted by atomic mass is 16.5. The first-order chi connectivity index (χ1) is 14.8. The second-order valence-electron chi connectivity index (χ2n) is 9.32. The smallest absolute Gasteiger partial charge is 0.262 e. The maximum Gasteiger partial charge on any atom is 0.262 e. The lowest BCUT2D eigenvalue weighted by molar-refractivity contribution is -0.118. The average Bonchev–Trinajstić information content (AvgIpc) is 3.16. The van der Waals surface area contributed by atoms with E-state index in [1.165, 1.54) is 18.4 Å². The molecule has 0 unspecified atom stereocenters. The molecule has 0 atom stereocenters. The third-order valence-electron chi connectivity index (χ3n) is 5.69. The molecule has 1 aliphatic heterocycles. The number of carbonyl (C=O) groups is 1. The molecule has 2 heterocycles. The van der Waals surface area contributed by atoms with Crippen LogP contribution in [0.4, 0.5) is 5.69 Å². The van der Waals surface area contributed by atoms with Gasteiger partial charge in [0, 0.05) is 24.7 Å². The zero-order valence-electron chi connectivity index (χ0n) is 18.9. The second-order valence-corrected chi connectivity index (χ2v) is 9.32. The topological polar surface area (TPSA) is 56.1 Å². The number of aryl methyl sites for hydroxylation is 3. The van der Waals surface area contributed by atoms with Gasteiger partial charge in [-0.05, 0) is 42.9 Å². The van der Waals surface area contributed by atoms with Gasteiger partial charge in [0.15, 0.2) is 6.61 Å². The van der Waals surface area contributed by atoms with E-state index in [1.807, 2.05) is 36.4 Å². The fourth-order valence-corrected chi connectivity index (χ4v) is 4.04. The summed E-state index contributed by atoms with van der Waals surface area (Å²) in [5.41, 5.74) is 4.81. The van der Waals surface area contributed by atoms with E-state index >= 15 is 0 Å². The van der Waals surface area contributed by atoms with Crippen molar-refractivity contribution < 1.29 is 9.53 Å². The first kappa shape index (κ1) is 21.2. The van der Waals surface area contributed by atoms with Gasteiger partial charge >= 0.3 is 0 Å². The first-order valence-electron chi connectivity index (χ1n) is 11.0. The molecule has 1 aliphatic rings. The minimum absolute atomic E-state index is 0.0415. The molecule has 1 amide bonds. The number of para-hydroxylation sites is 1. The highest BCUT2D eigenvalue weighted by molar-refractivity contribution is 5.96. The molecule has 0 saturated carbocycles. The molecule has 31 heavy (non-hydrogen) atoms. The van der Waals surface area contributed by atoms with Crippen molar-refractivity contribution in [3.05, 3.63) is 65.6 Å². The van der Waals surface area contributed by atoms with E-state index in [1.54, 1.807) is 0 Å². The molecule has 0 aliphatic carbocycles. The van der Waals surface area contributed by atoms with Crippen molar-refractivity contribution in [2.75, 3.05) is 11.9 Å². The quantitative estimate of drug-likeness (QED) is 0.595. The predicted molar refractivity (Wildman–Crippen MR) is 125 cm³/mol. The Morgan fingerprint density at radius 1 is 1.16 bits per heavy atom. The summed E-state index contributed by atoms with van der Waals surface area (Å²) in [4.78, 5) is 17.5.